The summed E-state index contributed by atoms with van der Waals surface area (Å²) < 4.78 is 5.48. The van der Waals surface area contributed by atoms with Gasteiger partial charge >= 0.3 is 0 Å². The van der Waals surface area contributed by atoms with Crippen LogP contribution < -0.4 is 15.8 Å². The Morgan fingerprint density at radius 2 is 2.27 bits per heavy atom. The lowest BCUT2D eigenvalue weighted by Gasteiger charge is -2.16. The average molecular weight is 229 g/mol. The van der Waals surface area contributed by atoms with Gasteiger partial charge < -0.3 is 15.8 Å². The summed E-state index contributed by atoms with van der Waals surface area (Å²) in [5, 5.41) is 3.94. The summed E-state index contributed by atoms with van der Waals surface area (Å²) >= 11 is 5.92. The van der Waals surface area contributed by atoms with E-state index in [-0.39, 0.29) is 6.04 Å². The van der Waals surface area contributed by atoms with E-state index >= 15 is 0 Å². The molecule has 0 amide bonds. The Morgan fingerprint density at radius 3 is 2.87 bits per heavy atom. The Balaban J connectivity index is 2.86. The lowest BCUT2D eigenvalue weighted by molar-refractivity contribution is 0.341. The molecule has 1 rings (SSSR count). The molecular formula is C11H17ClN2O. The van der Waals surface area contributed by atoms with Crippen molar-refractivity contribution >= 4 is 17.3 Å². The van der Waals surface area contributed by atoms with Gasteiger partial charge in [0.05, 0.1) is 12.3 Å². The fraction of sp³-hybridized carbons (Fsp3) is 0.455. The van der Waals surface area contributed by atoms with Crippen molar-refractivity contribution in [2.24, 2.45) is 5.73 Å². The van der Waals surface area contributed by atoms with Gasteiger partial charge in [0.15, 0.2) is 0 Å². The molecule has 1 aromatic carbocycles. The normalized spacial score (nSPS) is 12.3. The first-order valence-electron chi connectivity index (χ1n) is 5.06. The van der Waals surface area contributed by atoms with Crippen molar-refractivity contribution in [3.63, 3.8) is 0 Å². The van der Waals surface area contributed by atoms with E-state index in [4.69, 9.17) is 22.1 Å². The average Bonchev–Trinajstić information content (AvgIpc) is 2.22. The monoisotopic (exact) mass is 228 g/mol. The summed E-state index contributed by atoms with van der Waals surface area (Å²) in [7, 11) is 0. The van der Waals surface area contributed by atoms with Crippen LogP contribution in [-0.2, 0) is 0 Å². The van der Waals surface area contributed by atoms with Gasteiger partial charge in [0, 0.05) is 17.6 Å². The topological polar surface area (TPSA) is 47.3 Å². The summed E-state index contributed by atoms with van der Waals surface area (Å²) in [6.07, 6.45) is 0. The summed E-state index contributed by atoms with van der Waals surface area (Å²) in [5.41, 5.74) is 6.44. The SMILES string of the molecule is CCOc1ccc(Cl)cc1NC(C)CN. The maximum atomic E-state index is 5.92. The van der Waals surface area contributed by atoms with Crippen LogP contribution in [-0.4, -0.2) is 19.2 Å². The highest BCUT2D eigenvalue weighted by Gasteiger charge is 2.06. The van der Waals surface area contributed by atoms with E-state index in [1.54, 1.807) is 0 Å². The second kappa shape index (κ2) is 5.83. The lowest BCUT2D eigenvalue weighted by atomic mass is 10.2. The molecule has 4 heteroatoms. The zero-order valence-electron chi connectivity index (χ0n) is 9.09. The van der Waals surface area contributed by atoms with E-state index in [0.717, 1.165) is 11.4 Å². The Kier molecular flexibility index (Phi) is 4.72. The molecule has 0 spiro atoms. The predicted octanol–water partition coefficient (Wildman–Crippen LogP) is 2.50. The molecule has 0 fully saturated rings. The van der Waals surface area contributed by atoms with Crippen LogP contribution in [0.15, 0.2) is 18.2 Å². The second-order valence-electron chi connectivity index (χ2n) is 3.35. The van der Waals surface area contributed by atoms with Gasteiger partial charge in [-0.1, -0.05) is 11.6 Å². The maximum absolute atomic E-state index is 5.92. The number of ether oxygens (including phenoxy) is 1. The molecule has 1 atom stereocenters. The molecule has 3 nitrogen and oxygen atoms in total. The molecule has 84 valence electrons. The predicted molar refractivity (Wildman–Crippen MR) is 64.8 cm³/mol. The number of hydrogen-bond acceptors (Lipinski definition) is 3. The van der Waals surface area contributed by atoms with Gasteiger partial charge in [-0.3, -0.25) is 0 Å². The molecule has 1 aromatic rings. The summed E-state index contributed by atoms with van der Waals surface area (Å²) in [6.45, 7) is 5.16. The summed E-state index contributed by atoms with van der Waals surface area (Å²) in [6, 6.07) is 5.71. The van der Waals surface area contributed by atoms with Crippen molar-refractivity contribution in [3.05, 3.63) is 23.2 Å². The Labute approximate surface area is 95.6 Å². The van der Waals surface area contributed by atoms with Gasteiger partial charge in [0.2, 0.25) is 0 Å². The molecule has 1 unspecified atom stereocenters. The molecule has 0 aliphatic rings. The Bertz CT molecular complexity index is 317. The van der Waals surface area contributed by atoms with Gasteiger partial charge in [-0.25, -0.2) is 0 Å². The van der Waals surface area contributed by atoms with Crippen LogP contribution in [0.25, 0.3) is 0 Å². The van der Waals surface area contributed by atoms with Gasteiger partial charge in [0.25, 0.3) is 0 Å². The summed E-state index contributed by atoms with van der Waals surface area (Å²) in [5.74, 6) is 0.808. The fourth-order valence-electron chi connectivity index (χ4n) is 1.22. The molecule has 0 saturated carbocycles. The zero-order chi connectivity index (χ0) is 11.3. The van der Waals surface area contributed by atoms with Crippen LogP contribution in [0.3, 0.4) is 0 Å². The minimum Gasteiger partial charge on any atom is -0.492 e. The van der Waals surface area contributed by atoms with E-state index in [0.29, 0.717) is 18.2 Å². The molecule has 0 saturated heterocycles. The molecule has 0 heterocycles. The number of halogens is 1. The fourth-order valence-corrected chi connectivity index (χ4v) is 1.39. The third-order valence-corrected chi connectivity index (χ3v) is 2.23. The van der Waals surface area contributed by atoms with Crippen LogP contribution in [0.5, 0.6) is 5.75 Å². The molecule has 0 aromatic heterocycles. The van der Waals surface area contributed by atoms with E-state index in [1.807, 2.05) is 32.0 Å². The molecule has 15 heavy (non-hydrogen) atoms. The van der Waals surface area contributed by atoms with Gasteiger partial charge in [-0.05, 0) is 32.0 Å². The number of anilines is 1. The number of nitrogens with one attached hydrogen (secondary N) is 1. The van der Waals surface area contributed by atoms with E-state index in [1.165, 1.54) is 0 Å². The van der Waals surface area contributed by atoms with Crippen molar-refractivity contribution in [2.75, 3.05) is 18.5 Å². The zero-order valence-corrected chi connectivity index (χ0v) is 9.84. The molecule has 3 N–H and O–H groups in total. The molecule has 0 bridgehead atoms. The first-order chi connectivity index (χ1) is 7.17. The van der Waals surface area contributed by atoms with Gasteiger partial charge in [0.1, 0.15) is 5.75 Å². The van der Waals surface area contributed by atoms with E-state index in [2.05, 4.69) is 5.32 Å². The largest absolute Gasteiger partial charge is 0.492 e. The van der Waals surface area contributed by atoms with Crippen molar-refractivity contribution in [1.82, 2.24) is 0 Å². The molecule has 0 aliphatic carbocycles. The Hall–Kier alpha value is -0.930. The van der Waals surface area contributed by atoms with Gasteiger partial charge in [-0.2, -0.15) is 0 Å². The smallest absolute Gasteiger partial charge is 0.142 e. The minimum atomic E-state index is 0.197. The Morgan fingerprint density at radius 1 is 1.53 bits per heavy atom. The first-order valence-corrected chi connectivity index (χ1v) is 5.44. The number of hydrogen-bond donors (Lipinski definition) is 2. The molecule has 0 radical (unpaired) electrons. The maximum Gasteiger partial charge on any atom is 0.142 e. The van der Waals surface area contributed by atoms with Crippen molar-refractivity contribution in [1.29, 1.82) is 0 Å². The number of nitrogens with two attached hydrogens (primary N) is 1. The lowest BCUT2D eigenvalue weighted by Crippen LogP contribution is -2.25. The summed E-state index contributed by atoms with van der Waals surface area (Å²) in [4.78, 5) is 0. The third-order valence-electron chi connectivity index (χ3n) is 2.00. The van der Waals surface area contributed by atoms with Crippen LogP contribution in [0.4, 0.5) is 5.69 Å². The van der Waals surface area contributed by atoms with Gasteiger partial charge in [-0.15, -0.1) is 0 Å². The second-order valence-corrected chi connectivity index (χ2v) is 3.79. The van der Waals surface area contributed by atoms with E-state index in [9.17, 15) is 0 Å². The minimum absolute atomic E-state index is 0.197. The quantitative estimate of drug-likeness (QED) is 0.814. The highest BCUT2D eigenvalue weighted by Crippen LogP contribution is 2.28. The highest BCUT2D eigenvalue weighted by molar-refractivity contribution is 6.30. The highest BCUT2D eigenvalue weighted by atomic mass is 35.5. The van der Waals surface area contributed by atoms with Crippen LogP contribution in [0, 0.1) is 0 Å². The number of rotatable bonds is 5. The van der Waals surface area contributed by atoms with Crippen molar-refractivity contribution in [2.45, 2.75) is 19.9 Å². The van der Waals surface area contributed by atoms with Crippen molar-refractivity contribution in [3.8, 4) is 5.75 Å². The first kappa shape index (κ1) is 12.1. The van der Waals surface area contributed by atoms with Crippen molar-refractivity contribution < 1.29 is 4.74 Å². The number of benzene rings is 1. The molecule has 0 aliphatic heterocycles. The van der Waals surface area contributed by atoms with E-state index < -0.39 is 0 Å². The molecular weight excluding hydrogens is 212 g/mol. The van der Waals surface area contributed by atoms with Crippen LogP contribution in [0.1, 0.15) is 13.8 Å². The third kappa shape index (κ3) is 3.61. The standard InChI is InChI=1S/C11H17ClN2O/c1-3-15-11-5-4-9(12)6-10(11)14-8(2)7-13/h4-6,8,14H,3,7,13H2,1-2H3. The van der Waals surface area contributed by atoms with Crippen LogP contribution in [0.2, 0.25) is 5.02 Å². The van der Waals surface area contributed by atoms with Crippen LogP contribution >= 0.6 is 11.6 Å².